The maximum absolute atomic E-state index is 13.3. The molecule has 6 atom stereocenters. The summed E-state index contributed by atoms with van der Waals surface area (Å²) in [6.07, 6.45) is 3.61. The van der Waals surface area contributed by atoms with Crippen molar-refractivity contribution in [3.8, 4) is 0 Å². The number of fused-ring (bicyclic) bond motifs is 2. The second-order valence-electron chi connectivity index (χ2n) is 10.1. The molecule has 0 spiro atoms. The zero-order valence-corrected chi connectivity index (χ0v) is 24.1. The summed E-state index contributed by atoms with van der Waals surface area (Å²) in [6.45, 7) is 6.92. The smallest absolute Gasteiger partial charge is 0.405 e. The van der Waals surface area contributed by atoms with Gasteiger partial charge < -0.3 is 35.1 Å². The lowest BCUT2D eigenvalue weighted by molar-refractivity contribution is -0.120. The topological polar surface area (TPSA) is 163 Å². The van der Waals surface area contributed by atoms with Gasteiger partial charge in [0.2, 0.25) is 11.6 Å². The van der Waals surface area contributed by atoms with Crippen LogP contribution in [0.2, 0.25) is 0 Å². The number of aliphatic hydroxyl groups excluding tert-OH is 1. The minimum Gasteiger partial charge on any atom is -0.492 e. The number of methoxy groups -OCH3 is 3. The summed E-state index contributed by atoms with van der Waals surface area (Å²) in [7, 11) is 4.21. The van der Waals surface area contributed by atoms with Crippen molar-refractivity contribution in [1.82, 2.24) is 5.32 Å². The summed E-state index contributed by atoms with van der Waals surface area (Å²) in [4.78, 5) is 50.6. The maximum atomic E-state index is 13.3. The molecule has 1 heterocycles. The molecule has 1 aliphatic heterocycles. The van der Waals surface area contributed by atoms with E-state index in [0.29, 0.717) is 12.0 Å². The number of nitrogens with two attached hydrogens (primary N) is 1. The van der Waals surface area contributed by atoms with Crippen LogP contribution >= 0.6 is 0 Å². The first-order chi connectivity index (χ1) is 18.8. The van der Waals surface area contributed by atoms with E-state index in [1.165, 1.54) is 34.3 Å². The molecule has 0 saturated carbocycles. The van der Waals surface area contributed by atoms with Gasteiger partial charge in [0.25, 0.3) is 5.91 Å². The highest BCUT2D eigenvalue weighted by atomic mass is 16.6. The lowest BCUT2D eigenvalue weighted by atomic mass is 9.85. The van der Waals surface area contributed by atoms with E-state index in [2.05, 4.69) is 5.32 Å². The van der Waals surface area contributed by atoms with Gasteiger partial charge in [-0.2, -0.15) is 0 Å². The molecule has 2 bridgehead atoms. The summed E-state index contributed by atoms with van der Waals surface area (Å²) < 4.78 is 21.7. The highest BCUT2D eigenvalue weighted by molar-refractivity contribution is 6.23. The van der Waals surface area contributed by atoms with Gasteiger partial charge in [-0.25, -0.2) is 4.79 Å². The van der Waals surface area contributed by atoms with E-state index in [-0.39, 0.29) is 34.9 Å². The molecular formula is C29H40N2O9. The van der Waals surface area contributed by atoms with E-state index >= 15 is 0 Å². The highest BCUT2D eigenvalue weighted by Crippen LogP contribution is 2.29. The summed E-state index contributed by atoms with van der Waals surface area (Å²) in [6, 6.07) is 0. The number of allylic oxidation sites excluding steroid dienone is 4. The fraction of sp³-hybridized carbons (Fsp3) is 0.517. The van der Waals surface area contributed by atoms with Crippen molar-refractivity contribution in [2.75, 3.05) is 21.3 Å². The predicted octanol–water partition coefficient (Wildman–Crippen LogP) is 2.41. The Kier molecular flexibility index (Phi) is 12.0. The van der Waals surface area contributed by atoms with Gasteiger partial charge in [-0.1, -0.05) is 38.2 Å². The van der Waals surface area contributed by atoms with Gasteiger partial charge in [0.15, 0.2) is 11.9 Å². The molecule has 220 valence electrons. The summed E-state index contributed by atoms with van der Waals surface area (Å²) >= 11 is 0. The van der Waals surface area contributed by atoms with Crippen molar-refractivity contribution >= 4 is 23.6 Å². The maximum Gasteiger partial charge on any atom is 0.405 e. The van der Waals surface area contributed by atoms with Crippen molar-refractivity contribution in [1.29, 1.82) is 0 Å². The molecule has 4 N–H and O–H groups in total. The number of nitrogens with one attached hydrogen (secondary N) is 1. The van der Waals surface area contributed by atoms with Crippen LogP contribution in [-0.4, -0.2) is 74.4 Å². The number of Topliss-reactive ketones (excluding diaryl/α,β-unsaturated/α-hetero) is 1. The van der Waals surface area contributed by atoms with Gasteiger partial charge in [-0.05, 0) is 38.2 Å². The molecule has 0 aromatic heterocycles. The minimum absolute atomic E-state index is 0.0801. The Balaban J connectivity index is 2.60. The molecule has 2 aliphatic rings. The number of carbonyl (C=O) groups excluding carboxylic acids is 4. The second-order valence-corrected chi connectivity index (χ2v) is 10.1. The summed E-state index contributed by atoms with van der Waals surface area (Å²) in [5.74, 6) is -2.39. The van der Waals surface area contributed by atoms with E-state index in [9.17, 15) is 24.3 Å². The van der Waals surface area contributed by atoms with Crippen LogP contribution in [0.3, 0.4) is 0 Å². The number of carbonyl (C=O) groups is 4. The van der Waals surface area contributed by atoms with E-state index in [0.717, 1.165) is 6.08 Å². The third-order valence-electron chi connectivity index (χ3n) is 6.95. The van der Waals surface area contributed by atoms with Crippen LogP contribution in [0.1, 0.15) is 40.5 Å². The van der Waals surface area contributed by atoms with Crippen molar-refractivity contribution in [3.63, 3.8) is 0 Å². The van der Waals surface area contributed by atoms with Gasteiger partial charge in [0, 0.05) is 37.4 Å². The van der Waals surface area contributed by atoms with Crippen molar-refractivity contribution in [3.05, 3.63) is 58.6 Å². The van der Waals surface area contributed by atoms with Crippen molar-refractivity contribution < 1.29 is 43.2 Å². The minimum atomic E-state index is -1.00. The van der Waals surface area contributed by atoms with Gasteiger partial charge in [-0.3, -0.25) is 14.4 Å². The molecule has 0 unspecified atom stereocenters. The van der Waals surface area contributed by atoms with Crippen LogP contribution in [0.15, 0.2) is 58.6 Å². The number of hydrogen-bond acceptors (Lipinski definition) is 9. The molecule has 40 heavy (non-hydrogen) atoms. The molecule has 1 aliphatic carbocycles. The third kappa shape index (κ3) is 8.23. The van der Waals surface area contributed by atoms with Gasteiger partial charge >= 0.3 is 6.09 Å². The first-order valence-corrected chi connectivity index (χ1v) is 13.0. The van der Waals surface area contributed by atoms with Crippen LogP contribution in [0.4, 0.5) is 4.79 Å². The Morgan fingerprint density at radius 2 is 1.77 bits per heavy atom. The Hall–Kier alpha value is -3.54. The first kappa shape index (κ1) is 32.7. The number of aliphatic hydroxyl groups is 1. The Morgan fingerprint density at radius 3 is 2.35 bits per heavy atom. The Morgan fingerprint density at radius 1 is 1.10 bits per heavy atom. The highest BCUT2D eigenvalue weighted by Gasteiger charge is 2.34. The van der Waals surface area contributed by atoms with E-state index in [4.69, 9.17) is 24.7 Å². The lowest BCUT2D eigenvalue weighted by Crippen LogP contribution is -2.37. The molecule has 2 amide bonds. The van der Waals surface area contributed by atoms with Crippen LogP contribution < -0.4 is 11.1 Å². The van der Waals surface area contributed by atoms with Gasteiger partial charge in [-0.15, -0.1) is 0 Å². The van der Waals surface area contributed by atoms with Crippen LogP contribution in [0, 0.1) is 11.8 Å². The van der Waals surface area contributed by atoms with Crippen molar-refractivity contribution in [2.45, 2.75) is 65.0 Å². The van der Waals surface area contributed by atoms with E-state index in [1.54, 1.807) is 32.1 Å². The third-order valence-corrected chi connectivity index (χ3v) is 6.95. The Labute approximate surface area is 234 Å². The molecule has 0 fully saturated rings. The molecule has 0 saturated heterocycles. The SMILES string of the molecule is COC1=C2C[C@H](C)C[C@@H](OC)[C@H](O)[C@H](C)/C=C(\C)[C@H](OC(N)=O)[C@@H](OC)/C=C/C=C(\C)C(=O)NC(=CC1=O)C2=O. The molecule has 0 aromatic rings. The molecular weight excluding hydrogens is 520 g/mol. The van der Waals surface area contributed by atoms with Crippen LogP contribution in [-0.2, 0) is 33.3 Å². The van der Waals surface area contributed by atoms with Gasteiger partial charge in [0.05, 0.1) is 25.0 Å². The number of rotatable bonds is 4. The normalized spacial score (nSPS) is 32.7. The zero-order chi connectivity index (χ0) is 30.1. The van der Waals surface area contributed by atoms with E-state index < -0.39 is 53.9 Å². The average Bonchev–Trinajstić information content (AvgIpc) is 2.90. The molecule has 11 nitrogen and oxygen atoms in total. The average molecular weight is 561 g/mol. The number of amides is 2. The largest absolute Gasteiger partial charge is 0.492 e. The summed E-state index contributed by atoms with van der Waals surface area (Å²) in [5.41, 5.74) is 6.12. The first-order valence-electron chi connectivity index (χ1n) is 13.0. The van der Waals surface area contributed by atoms with Crippen LogP contribution in [0.25, 0.3) is 0 Å². The lowest BCUT2D eigenvalue weighted by Gasteiger charge is -2.29. The second kappa shape index (κ2) is 14.7. The van der Waals surface area contributed by atoms with E-state index in [1.807, 2.05) is 6.92 Å². The fourth-order valence-electron chi connectivity index (χ4n) is 4.78. The molecule has 2 rings (SSSR count). The number of primary amides is 1. The summed E-state index contributed by atoms with van der Waals surface area (Å²) in [5, 5.41) is 13.7. The number of ether oxygens (including phenoxy) is 4. The Bertz CT molecular complexity index is 1150. The number of ketones is 2. The molecule has 11 heteroatoms. The van der Waals surface area contributed by atoms with Crippen LogP contribution in [0.5, 0.6) is 0 Å². The monoisotopic (exact) mass is 560 g/mol. The zero-order valence-electron chi connectivity index (χ0n) is 24.1. The molecule has 0 aromatic carbocycles. The molecule has 0 radical (unpaired) electrons. The predicted molar refractivity (Wildman–Crippen MR) is 147 cm³/mol. The van der Waals surface area contributed by atoms with Gasteiger partial charge in [0.1, 0.15) is 6.10 Å². The fourth-order valence-corrected chi connectivity index (χ4v) is 4.78. The van der Waals surface area contributed by atoms with Crippen molar-refractivity contribution in [2.24, 2.45) is 17.6 Å². The number of hydrogen-bond donors (Lipinski definition) is 3. The quantitative estimate of drug-likeness (QED) is 0.346. The standard InChI is InChI=1S/C29H40N2O9/c1-15-11-19-25(34)20(14-21(32)27(19)39-7)31-28(35)16(2)9-8-10-22(37-5)26(40-29(30)36)18(4)13-17(3)24(33)23(12-15)38-6/h8-10,13-15,17,22-24,26,33H,11-12H2,1-7H3,(H2,30,36)(H,31,35)/b10-8+,16-9+,18-13+/t15-,17+,22-,23+,24+,26-/m0/s1.